The molecular formula is C28H23FN8O. The molecule has 0 spiro atoms. The summed E-state index contributed by atoms with van der Waals surface area (Å²) in [5.74, 6) is 0.0841. The van der Waals surface area contributed by atoms with Crippen molar-refractivity contribution in [3.63, 3.8) is 0 Å². The maximum atomic E-state index is 13.9. The maximum Gasteiger partial charge on any atom is 0.229 e. The number of benzene rings is 1. The Kier molecular flexibility index (Phi) is 5.45. The molecule has 0 saturated heterocycles. The number of halogens is 1. The second kappa shape index (κ2) is 8.84. The summed E-state index contributed by atoms with van der Waals surface area (Å²) in [6.07, 6.45) is 6.70. The molecule has 0 atom stereocenters. The minimum Gasteiger partial charge on any atom is -0.324 e. The number of H-pyrrole nitrogens is 2. The number of nitrogens with zero attached hydrogens (tertiary/aromatic N) is 5. The minimum atomic E-state index is -0.530. The highest BCUT2D eigenvalue weighted by Crippen LogP contribution is 2.32. The summed E-state index contributed by atoms with van der Waals surface area (Å²) in [5, 5.41) is 11.1. The van der Waals surface area contributed by atoms with E-state index < -0.39 is 5.41 Å². The van der Waals surface area contributed by atoms with E-state index in [1.165, 1.54) is 12.1 Å². The monoisotopic (exact) mass is 506 g/mol. The molecule has 188 valence electrons. The Morgan fingerprint density at radius 2 is 1.79 bits per heavy atom. The van der Waals surface area contributed by atoms with Crippen LogP contribution in [0.4, 0.5) is 10.1 Å². The van der Waals surface area contributed by atoms with Gasteiger partial charge in [0.2, 0.25) is 5.91 Å². The molecule has 0 bridgehead atoms. The van der Waals surface area contributed by atoms with Crippen LogP contribution in [0.25, 0.3) is 56.0 Å². The number of amides is 1. The predicted octanol–water partition coefficient (Wildman–Crippen LogP) is 5.75. The van der Waals surface area contributed by atoms with Crippen LogP contribution in [0, 0.1) is 11.2 Å². The molecule has 0 aliphatic carbocycles. The summed E-state index contributed by atoms with van der Waals surface area (Å²) < 4.78 is 13.9. The van der Waals surface area contributed by atoms with E-state index in [2.05, 4.69) is 35.5 Å². The molecule has 1 aromatic carbocycles. The van der Waals surface area contributed by atoms with Crippen molar-refractivity contribution in [1.29, 1.82) is 0 Å². The van der Waals surface area contributed by atoms with E-state index in [0.29, 0.717) is 39.6 Å². The van der Waals surface area contributed by atoms with Gasteiger partial charge in [0.25, 0.3) is 0 Å². The molecule has 0 aliphatic rings. The third-order valence-corrected chi connectivity index (χ3v) is 6.17. The van der Waals surface area contributed by atoms with E-state index in [1.54, 1.807) is 30.9 Å². The van der Waals surface area contributed by atoms with Crippen LogP contribution >= 0.6 is 0 Å². The van der Waals surface area contributed by atoms with Crippen molar-refractivity contribution in [3.05, 3.63) is 73.1 Å². The van der Waals surface area contributed by atoms with Gasteiger partial charge in [-0.2, -0.15) is 5.10 Å². The average molecular weight is 507 g/mol. The lowest BCUT2D eigenvalue weighted by atomic mass is 9.95. The zero-order valence-corrected chi connectivity index (χ0v) is 20.9. The summed E-state index contributed by atoms with van der Waals surface area (Å²) in [6.45, 7) is 5.56. The Bertz CT molecular complexity index is 1830. The fraction of sp³-hybridized carbons (Fsp3) is 0.143. The summed E-state index contributed by atoms with van der Waals surface area (Å²) in [6, 6.07) is 12.0. The lowest BCUT2D eigenvalue weighted by molar-refractivity contribution is -0.123. The zero-order chi connectivity index (χ0) is 26.4. The maximum absolute atomic E-state index is 13.9. The first kappa shape index (κ1) is 23.4. The molecule has 1 amide bonds. The Hall–Kier alpha value is -4.99. The van der Waals surface area contributed by atoms with Gasteiger partial charge in [-0.15, -0.1) is 0 Å². The van der Waals surface area contributed by atoms with Gasteiger partial charge in [-0.25, -0.2) is 19.3 Å². The molecule has 0 unspecified atom stereocenters. The number of imidazole rings is 1. The first-order valence-corrected chi connectivity index (χ1v) is 12.0. The molecule has 38 heavy (non-hydrogen) atoms. The Labute approximate surface area is 216 Å². The number of anilines is 1. The zero-order valence-electron chi connectivity index (χ0n) is 20.9. The van der Waals surface area contributed by atoms with E-state index >= 15 is 0 Å². The fourth-order valence-electron chi connectivity index (χ4n) is 4.14. The Balaban J connectivity index is 1.40. The smallest absolute Gasteiger partial charge is 0.229 e. The Morgan fingerprint density at radius 1 is 0.947 bits per heavy atom. The van der Waals surface area contributed by atoms with E-state index in [1.807, 2.05) is 45.0 Å². The number of carbonyl (C=O) groups excluding carboxylic acids is 1. The van der Waals surface area contributed by atoms with Gasteiger partial charge in [0.15, 0.2) is 17.1 Å². The number of hydrogen-bond acceptors (Lipinski definition) is 6. The first-order valence-electron chi connectivity index (χ1n) is 12.0. The third-order valence-electron chi connectivity index (χ3n) is 6.17. The van der Waals surface area contributed by atoms with Gasteiger partial charge in [0, 0.05) is 40.7 Å². The normalized spacial score (nSPS) is 11.8. The van der Waals surface area contributed by atoms with Crippen LogP contribution < -0.4 is 5.32 Å². The van der Waals surface area contributed by atoms with Crippen molar-refractivity contribution in [1.82, 2.24) is 35.1 Å². The number of carbonyl (C=O) groups is 1. The molecule has 6 aromatic rings. The molecular weight excluding hydrogens is 483 g/mol. The highest BCUT2D eigenvalue weighted by atomic mass is 19.1. The molecule has 5 heterocycles. The van der Waals surface area contributed by atoms with Crippen LogP contribution in [-0.4, -0.2) is 41.0 Å². The molecule has 0 fully saturated rings. The highest BCUT2D eigenvalue weighted by Gasteiger charge is 2.22. The van der Waals surface area contributed by atoms with E-state index in [4.69, 9.17) is 4.98 Å². The molecule has 9 nitrogen and oxygen atoms in total. The summed E-state index contributed by atoms with van der Waals surface area (Å²) in [7, 11) is 0. The number of aromatic amines is 2. The molecule has 3 N–H and O–H groups in total. The fourth-order valence-corrected chi connectivity index (χ4v) is 4.14. The first-order chi connectivity index (χ1) is 18.3. The van der Waals surface area contributed by atoms with Gasteiger partial charge in [0.05, 0.1) is 17.3 Å². The molecule has 0 saturated carbocycles. The summed E-state index contributed by atoms with van der Waals surface area (Å²) in [4.78, 5) is 33.7. The quantitative estimate of drug-likeness (QED) is 0.280. The van der Waals surface area contributed by atoms with Crippen molar-refractivity contribution in [2.24, 2.45) is 5.41 Å². The number of rotatable bonds is 4. The minimum absolute atomic E-state index is 0.0988. The number of nitrogens with one attached hydrogen (secondary N) is 3. The third kappa shape index (κ3) is 4.26. The predicted molar refractivity (Wildman–Crippen MR) is 143 cm³/mol. The highest BCUT2D eigenvalue weighted by molar-refractivity contribution is 5.97. The standard InChI is InChI=1S/C28H23FN8O/c1-28(2,3)27(38)33-19-10-16(12-30-14-19)17-11-21-23(36-37-24(21)32-13-17)26-34-22-20(7-8-31-25(22)35-26)15-5-4-6-18(29)9-15/h4-14H,1-3H3,(H,33,38)(H,31,34,35)(H,32,36,37). The SMILES string of the molecule is CC(C)(C)C(=O)Nc1cncc(-c2cnc3[nH]nc(-c4nc5c(-c6cccc(F)c6)ccnc5[nH]4)c3c2)c1. The van der Waals surface area contributed by atoms with Gasteiger partial charge in [-0.1, -0.05) is 32.9 Å². The molecule has 10 heteroatoms. The second-order valence-corrected chi connectivity index (χ2v) is 10.0. The van der Waals surface area contributed by atoms with E-state index in [-0.39, 0.29) is 11.7 Å². The molecule has 0 aliphatic heterocycles. The van der Waals surface area contributed by atoms with Crippen LogP contribution in [-0.2, 0) is 4.79 Å². The van der Waals surface area contributed by atoms with Gasteiger partial charge >= 0.3 is 0 Å². The van der Waals surface area contributed by atoms with Crippen LogP contribution in [0.1, 0.15) is 20.8 Å². The number of aromatic nitrogens is 7. The Morgan fingerprint density at radius 3 is 2.61 bits per heavy atom. The summed E-state index contributed by atoms with van der Waals surface area (Å²) in [5.41, 5.74) is 5.46. The van der Waals surface area contributed by atoms with E-state index in [9.17, 15) is 9.18 Å². The molecule has 5 aromatic heterocycles. The van der Waals surface area contributed by atoms with Gasteiger partial charge in [-0.05, 0) is 35.9 Å². The average Bonchev–Trinajstić information content (AvgIpc) is 3.52. The van der Waals surface area contributed by atoms with Crippen molar-refractivity contribution in [3.8, 4) is 33.8 Å². The van der Waals surface area contributed by atoms with E-state index in [0.717, 1.165) is 22.1 Å². The molecule has 0 radical (unpaired) electrons. The van der Waals surface area contributed by atoms with Crippen molar-refractivity contribution in [2.75, 3.05) is 5.32 Å². The van der Waals surface area contributed by atoms with Crippen molar-refractivity contribution >= 4 is 33.8 Å². The van der Waals surface area contributed by atoms with Gasteiger partial charge in [0.1, 0.15) is 17.0 Å². The topological polar surface area (TPSA) is 125 Å². The number of fused-ring (bicyclic) bond motifs is 2. The van der Waals surface area contributed by atoms with Crippen LogP contribution in [0.5, 0.6) is 0 Å². The van der Waals surface area contributed by atoms with Crippen LogP contribution in [0.3, 0.4) is 0 Å². The molecule has 6 rings (SSSR count). The second-order valence-electron chi connectivity index (χ2n) is 10.0. The number of hydrogen-bond donors (Lipinski definition) is 3. The van der Waals surface area contributed by atoms with Crippen molar-refractivity contribution < 1.29 is 9.18 Å². The van der Waals surface area contributed by atoms with Gasteiger partial charge in [-0.3, -0.25) is 14.9 Å². The number of pyridine rings is 3. The lowest BCUT2D eigenvalue weighted by Gasteiger charge is -2.17. The van der Waals surface area contributed by atoms with Gasteiger partial charge < -0.3 is 10.3 Å². The van der Waals surface area contributed by atoms with Crippen LogP contribution in [0.15, 0.2) is 67.3 Å². The lowest BCUT2D eigenvalue weighted by Crippen LogP contribution is -2.27. The van der Waals surface area contributed by atoms with Crippen LogP contribution in [0.2, 0.25) is 0 Å². The largest absolute Gasteiger partial charge is 0.324 e. The van der Waals surface area contributed by atoms with Crippen molar-refractivity contribution in [2.45, 2.75) is 20.8 Å². The summed E-state index contributed by atoms with van der Waals surface area (Å²) >= 11 is 0.